The molecular weight excluding hydrogens is 406 g/mol. The van der Waals surface area contributed by atoms with E-state index in [1.807, 2.05) is 11.7 Å². The number of amides is 1. The SMILES string of the molecule is Cn1nc(C(=O)NCCCN2CCN(c3ccccc3)CC2)c2c1-c1ccsc1CC2. The van der Waals surface area contributed by atoms with Gasteiger partial charge in [0.1, 0.15) is 0 Å². The van der Waals surface area contributed by atoms with E-state index in [2.05, 4.69) is 62.0 Å². The van der Waals surface area contributed by atoms with Gasteiger partial charge < -0.3 is 10.2 Å². The molecule has 0 radical (unpaired) electrons. The van der Waals surface area contributed by atoms with E-state index in [-0.39, 0.29) is 5.91 Å². The predicted molar refractivity (Wildman–Crippen MR) is 126 cm³/mol. The third-order valence-corrected chi connectivity index (χ3v) is 7.37. The number of aromatic nitrogens is 2. The van der Waals surface area contributed by atoms with Crippen LogP contribution in [0.1, 0.15) is 27.3 Å². The Morgan fingerprint density at radius 1 is 1.10 bits per heavy atom. The van der Waals surface area contributed by atoms with Crippen molar-refractivity contribution in [3.8, 4) is 11.3 Å². The highest BCUT2D eigenvalue weighted by molar-refractivity contribution is 7.10. The number of nitrogens with zero attached hydrogens (tertiary/aromatic N) is 4. The molecule has 1 fully saturated rings. The summed E-state index contributed by atoms with van der Waals surface area (Å²) < 4.78 is 1.88. The first-order valence-corrected chi connectivity index (χ1v) is 12.0. The van der Waals surface area contributed by atoms with Gasteiger partial charge in [0.2, 0.25) is 0 Å². The molecule has 1 aliphatic heterocycles. The summed E-state index contributed by atoms with van der Waals surface area (Å²) >= 11 is 1.80. The molecule has 2 aromatic heterocycles. The van der Waals surface area contributed by atoms with Crippen LogP contribution in [0.3, 0.4) is 0 Å². The Morgan fingerprint density at radius 2 is 1.90 bits per heavy atom. The molecule has 0 spiro atoms. The Bertz CT molecular complexity index is 1050. The van der Waals surface area contributed by atoms with Gasteiger partial charge in [-0.1, -0.05) is 18.2 Å². The molecule has 0 saturated carbocycles. The Morgan fingerprint density at radius 3 is 2.71 bits per heavy atom. The average molecular weight is 436 g/mol. The maximum atomic E-state index is 12.8. The zero-order valence-electron chi connectivity index (χ0n) is 18.0. The highest BCUT2D eigenvalue weighted by Gasteiger charge is 2.27. The summed E-state index contributed by atoms with van der Waals surface area (Å²) in [5.74, 6) is -0.0376. The van der Waals surface area contributed by atoms with Crippen molar-refractivity contribution >= 4 is 22.9 Å². The molecular formula is C24H29N5OS. The Labute approximate surface area is 187 Å². The fourth-order valence-corrected chi connectivity index (χ4v) is 5.64. The summed E-state index contributed by atoms with van der Waals surface area (Å²) in [4.78, 5) is 19.2. The summed E-state index contributed by atoms with van der Waals surface area (Å²) in [7, 11) is 1.94. The number of carbonyl (C=O) groups is 1. The fraction of sp³-hybridized carbons (Fsp3) is 0.417. The van der Waals surface area contributed by atoms with Crippen LogP contribution in [-0.2, 0) is 19.9 Å². The quantitative estimate of drug-likeness (QED) is 0.604. The van der Waals surface area contributed by atoms with Gasteiger partial charge in [-0.3, -0.25) is 14.4 Å². The first-order chi connectivity index (χ1) is 15.2. The molecule has 1 aliphatic carbocycles. The van der Waals surface area contributed by atoms with Crippen molar-refractivity contribution in [1.29, 1.82) is 0 Å². The van der Waals surface area contributed by atoms with Crippen LogP contribution in [0, 0.1) is 0 Å². The van der Waals surface area contributed by atoms with E-state index in [9.17, 15) is 4.79 Å². The molecule has 5 rings (SSSR count). The van der Waals surface area contributed by atoms with E-state index in [1.165, 1.54) is 16.1 Å². The first-order valence-electron chi connectivity index (χ1n) is 11.1. The summed E-state index contributed by atoms with van der Waals surface area (Å²) in [6.07, 6.45) is 2.85. The number of para-hydroxylation sites is 1. The molecule has 2 aliphatic rings. The third kappa shape index (κ3) is 4.12. The number of thiophene rings is 1. The number of hydrogen-bond acceptors (Lipinski definition) is 5. The van der Waals surface area contributed by atoms with Crippen molar-refractivity contribution in [3.05, 3.63) is 57.9 Å². The summed E-state index contributed by atoms with van der Waals surface area (Å²) in [5, 5.41) is 9.81. The van der Waals surface area contributed by atoms with Gasteiger partial charge in [-0.2, -0.15) is 5.10 Å². The van der Waals surface area contributed by atoms with E-state index >= 15 is 0 Å². The Balaban J connectivity index is 1.10. The van der Waals surface area contributed by atoms with Crippen LogP contribution in [0.2, 0.25) is 0 Å². The monoisotopic (exact) mass is 435 g/mol. The van der Waals surface area contributed by atoms with Crippen molar-refractivity contribution in [1.82, 2.24) is 20.0 Å². The van der Waals surface area contributed by atoms with Gasteiger partial charge in [0.25, 0.3) is 5.91 Å². The Hall–Kier alpha value is -2.64. The second-order valence-corrected chi connectivity index (χ2v) is 9.33. The van der Waals surface area contributed by atoms with Crippen LogP contribution in [-0.4, -0.2) is 59.9 Å². The molecule has 0 atom stereocenters. The van der Waals surface area contributed by atoms with Gasteiger partial charge in [0.05, 0.1) is 5.69 Å². The first kappa shape index (κ1) is 20.3. The second-order valence-electron chi connectivity index (χ2n) is 8.33. The Kier molecular flexibility index (Phi) is 5.78. The smallest absolute Gasteiger partial charge is 0.272 e. The molecule has 6 nitrogen and oxygen atoms in total. The molecule has 1 saturated heterocycles. The number of piperazine rings is 1. The molecule has 0 bridgehead atoms. The molecule has 31 heavy (non-hydrogen) atoms. The van der Waals surface area contributed by atoms with Crippen molar-refractivity contribution in [2.24, 2.45) is 7.05 Å². The summed E-state index contributed by atoms with van der Waals surface area (Å²) in [6, 6.07) is 12.8. The maximum absolute atomic E-state index is 12.8. The van der Waals surface area contributed by atoms with Gasteiger partial charge in [-0.25, -0.2) is 0 Å². The number of rotatable bonds is 6. The lowest BCUT2D eigenvalue weighted by molar-refractivity contribution is 0.0945. The highest BCUT2D eigenvalue weighted by Crippen LogP contribution is 2.37. The van der Waals surface area contributed by atoms with Crippen LogP contribution in [0.4, 0.5) is 5.69 Å². The topological polar surface area (TPSA) is 53.4 Å². The van der Waals surface area contributed by atoms with E-state index < -0.39 is 0 Å². The molecule has 0 unspecified atom stereocenters. The standard InChI is InChI=1S/C24H29N5OS/c1-27-23-19-10-17-31-21(19)9-8-20(23)22(26-27)24(30)25-11-5-12-28-13-15-29(16-14-28)18-6-3-2-4-7-18/h2-4,6-7,10,17H,5,8-9,11-16H2,1H3,(H,25,30). The van der Waals surface area contributed by atoms with Gasteiger partial charge in [-0.15, -0.1) is 11.3 Å². The third-order valence-electron chi connectivity index (χ3n) is 6.39. The number of aryl methyl sites for hydroxylation is 2. The zero-order valence-corrected chi connectivity index (χ0v) is 18.8. The largest absolute Gasteiger partial charge is 0.369 e. The van der Waals surface area contributed by atoms with Crippen molar-refractivity contribution in [2.45, 2.75) is 19.3 Å². The van der Waals surface area contributed by atoms with Crippen LogP contribution >= 0.6 is 11.3 Å². The molecule has 1 N–H and O–H groups in total. The molecule has 1 amide bonds. The van der Waals surface area contributed by atoms with Gasteiger partial charge >= 0.3 is 0 Å². The van der Waals surface area contributed by atoms with Crippen molar-refractivity contribution in [3.63, 3.8) is 0 Å². The fourth-order valence-electron chi connectivity index (χ4n) is 4.76. The van der Waals surface area contributed by atoms with E-state index in [1.54, 1.807) is 11.3 Å². The van der Waals surface area contributed by atoms with Crippen molar-refractivity contribution in [2.75, 3.05) is 44.2 Å². The molecule has 1 aromatic carbocycles. The van der Waals surface area contributed by atoms with Gasteiger partial charge in [-0.05, 0) is 49.4 Å². The molecule has 3 aromatic rings. The predicted octanol–water partition coefficient (Wildman–Crippen LogP) is 3.19. The minimum atomic E-state index is -0.0376. The molecule has 162 valence electrons. The summed E-state index contributed by atoms with van der Waals surface area (Å²) in [5.41, 5.74) is 5.37. The van der Waals surface area contributed by atoms with E-state index in [4.69, 9.17) is 0 Å². The number of fused-ring (bicyclic) bond motifs is 3. The lowest BCUT2D eigenvalue weighted by atomic mass is 9.94. The lowest BCUT2D eigenvalue weighted by Crippen LogP contribution is -2.47. The number of carbonyl (C=O) groups excluding carboxylic acids is 1. The average Bonchev–Trinajstić information content (AvgIpc) is 3.42. The van der Waals surface area contributed by atoms with Crippen molar-refractivity contribution < 1.29 is 4.79 Å². The van der Waals surface area contributed by atoms with Crippen LogP contribution in [0.5, 0.6) is 0 Å². The number of nitrogens with one attached hydrogen (secondary N) is 1. The second kappa shape index (κ2) is 8.85. The normalized spacial score (nSPS) is 16.1. The minimum absolute atomic E-state index is 0.0376. The lowest BCUT2D eigenvalue weighted by Gasteiger charge is -2.36. The molecule has 7 heteroatoms. The molecule has 3 heterocycles. The highest BCUT2D eigenvalue weighted by atomic mass is 32.1. The van der Waals surface area contributed by atoms with Crippen LogP contribution < -0.4 is 10.2 Å². The van der Waals surface area contributed by atoms with Crippen LogP contribution in [0.15, 0.2) is 41.8 Å². The maximum Gasteiger partial charge on any atom is 0.272 e. The zero-order chi connectivity index (χ0) is 21.2. The van der Waals surface area contributed by atoms with E-state index in [0.717, 1.165) is 63.2 Å². The number of hydrogen-bond donors (Lipinski definition) is 1. The number of anilines is 1. The van der Waals surface area contributed by atoms with E-state index in [0.29, 0.717) is 12.2 Å². The number of benzene rings is 1. The van der Waals surface area contributed by atoms with Crippen LogP contribution in [0.25, 0.3) is 11.3 Å². The van der Waals surface area contributed by atoms with Gasteiger partial charge in [0.15, 0.2) is 5.69 Å². The minimum Gasteiger partial charge on any atom is -0.369 e. The van der Waals surface area contributed by atoms with Gasteiger partial charge in [0, 0.05) is 61.5 Å². The summed E-state index contributed by atoms with van der Waals surface area (Å²) in [6.45, 7) is 5.95.